The Morgan fingerprint density at radius 1 is 1.22 bits per heavy atom. The highest BCUT2D eigenvalue weighted by molar-refractivity contribution is 5.48. The van der Waals surface area contributed by atoms with Gasteiger partial charge in [0.1, 0.15) is 11.6 Å². The average molecular weight is 241 g/mol. The summed E-state index contributed by atoms with van der Waals surface area (Å²) in [6, 6.07) is 10.3. The van der Waals surface area contributed by atoms with Crippen molar-refractivity contribution in [2.75, 3.05) is 12.8 Å². The van der Waals surface area contributed by atoms with Crippen LogP contribution < -0.4 is 15.2 Å². The van der Waals surface area contributed by atoms with E-state index in [1.807, 2.05) is 6.07 Å². The van der Waals surface area contributed by atoms with Crippen LogP contribution in [0.15, 0.2) is 36.5 Å². The number of nitrogens with zero attached hydrogens (tertiary/aromatic N) is 2. The molecule has 1 heterocycles. The minimum absolute atomic E-state index is 0.425. The molecular weight excluding hydrogens is 230 g/mol. The largest absolute Gasteiger partial charge is 0.493 e. The Bertz CT molecular complexity index is 588. The summed E-state index contributed by atoms with van der Waals surface area (Å²) in [4.78, 5) is 3.92. The molecule has 2 rings (SSSR count). The molecular formula is C13H11N3O2. The smallest absolute Gasteiger partial charge is 0.169 e. The first-order valence-electron chi connectivity index (χ1n) is 5.20. The molecule has 0 radical (unpaired) electrons. The van der Waals surface area contributed by atoms with Crippen molar-refractivity contribution in [3.63, 3.8) is 0 Å². The Kier molecular flexibility index (Phi) is 3.30. The molecule has 5 heteroatoms. The third kappa shape index (κ3) is 2.50. The van der Waals surface area contributed by atoms with Gasteiger partial charge < -0.3 is 15.2 Å². The fourth-order valence-electron chi connectivity index (χ4n) is 1.40. The third-order valence-corrected chi connectivity index (χ3v) is 2.28. The lowest BCUT2D eigenvalue weighted by Gasteiger charge is -2.10. The Morgan fingerprint density at radius 2 is 2.06 bits per heavy atom. The molecule has 5 nitrogen and oxygen atoms in total. The number of hydrogen-bond donors (Lipinski definition) is 1. The molecule has 0 bridgehead atoms. The summed E-state index contributed by atoms with van der Waals surface area (Å²) in [6.07, 6.45) is 1.52. The van der Waals surface area contributed by atoms with E-state index < -0.39 is 0 Å². The van der Waals surface area contributed by atoms with Crippen molar-refractivity contribution in [1.29, 1.82) is 5.26 Å². The lowest BCUT2D eigenvalue weighted by molar-refractivity contribution is 0.378. The summed E-state index contributed by atoms with van der Waals surface area (Å²) < 4.78 is 10.8. The van der Waals surface area contributed by atoms with Gasteiger partial charge in [-0.3, -0.25) is 0 Å². The van der Waals surface area contributed by atoms with Crippen LogP contribution >= 0.6 is 0 Å². The molecule has 0 amide bonds. The number of benzene rings is 1. The predicted molar refractivity (Wildman–Crippen MR) is 66.4 cm³/mol. The van der Waals surface area contributed by atoms with Crippen molar-refractivity contribution in [3.8, 4) is 23.3 Å². The first-order chi connectivity index (χ1) is 8.72. The summed E-state index contributed by atoms with van der Waals surface area (Å²) in [5.41, 5.74) is 6.00. The molecule has 0 saturated heterocycles. The van der Waals surface area contributed by atoms with Gasteiger partial charge in [0.05, 0.1) is 24.9 Å². The van der Waals surface area contributed by atoms with E-state index in [1.54, 1.807) is 30.3 Å². The van der Waals surface area contributed by atoms with Crippen molar-refractivity contribution >= 4 is 5.82 Å². The summed E-state index contributed by atoms with van der Waals surface area (Å²) in [6.45, 7) is 0. The number of nitriles is 1. The number of rotatable bonds is 3. The first-order valence-corrected chi connectivity index (χ1v) is 5.20. The maximum Gasteiger partial charge on any atom is 0.169 e. The van der Waals surface area contributed by atoms with Gasteiger partial charge in [-0.2, -0.15) is 5.26 Å². The van der Waals surface area contributed by atoms with E-state index in [0.717, 1.165) is 0 Å². The zero-order valence-corrected chi connectivity index (χ0v) is 9.75. The van der Waals surface area contributed by atoms with Crippen LogP contribution in [-0.2, 0) is 0 Å². The number of nitrogens with two attached hydrogens (primary N) is 1. The number of methoxy groups -OCH3 is 1. The quantitative estimate of drug-likeness (QED) is 0.891. The van der Waals surface area contributed by atoms with Crippen LogP contribution in [-0.4, -0.2) is 12.1 Å². The van der Waals surface area contributed by atoms with E-state index in [9.17, 15) is 0 Å². The second kappa shape index (κ2) is 5.06. The first kappa shape index (κ1) is 11.7. The maximum absolute atomic E-state index is 8.80. The van der Waals surface area contributed by atoms with Gasteiger partial charge in [0.25, 0.3) is 0 Å². The van der Waals surface area contributed by atoms with E-state index in [4.69, 9.17) is 20.5 Å². The van der Waals surface area contributed by atoms with Crippen LogP contribution in [0.4, 0.5) is 5.82 Å². The van der Waals surface area contributed by atoms with Gasteiger partial charge in [-0.1, -0.05) is 0 Å². The van der Waals surface area contributed by atoms with E-state index in [1.165, 1.54) is 13.3 Å². The zero-order valence-electron chi connectivity index (χ0n) is 9.75. The minimum atomic E-state index is 0.425. The highest BCUT2D eigenvalue weighted by Crippen LogP contribution is 2.31. The van der Waals surface area contributed by atoms with Crippen LogP contribution in [0.3, 0.4) is 0 Å². The monoisotopic (exact) mass is 241 g/mol. The highest BCUT2D eigenvalue weighted by atomic mass is 16.5. The molecule has 1 aromatic carbocycles. The van der Waals surface area contributed by atoms with Crippen molar-refractivity contribution in [2.24, 2.45) is 0 Å². The van der Waals surface area contributed by atoms with Crippen LogP contribution in [0.2, 0.25) is 0 Å². The van der Waals surface area contributed by atoms with Gasteiger partial charge >= 0.3 is 0 Å². The summed E-state index contributed by atoms with van der Waals surface area (Å²) >= 11 is 0. The zero-order chi connectivity index (χ0) is 13.0. The lowest BCUT2D eigenvalue weighted by atomic mass is 10.2. The molecule has 0 saturated carbocycles. The molecule has 0 spiro atoms. The Morgan fingerprint density at radius 3 is 2.67 bits per heavy atom. The summed E-state index contributed by atoms with van der Waals surface area (Å²) in [7, 11) is 1.52. The number of nitrogen functional groups attached to an aromatic ring is 1. The second-order valence-corrected chi connectivity index (χ2v) is 3.50. The molecule has 2 aromatic rings. The molecule has 0 aliphatic rings. The third-order valence-electron chi connectivity index (χ3n) is 2.28. The summed E-state index contributed by atoms with van der Waals surface area (Å²) in [5, 5.41) is 8.80. The molecule has 0 fully saturated rings. The van der Waals surface area contributed by atoms with Gasteiger partial charge in [-0.25, -0.2) is 4.98 Å². The second-order valence-electron chi connectivity index (χ2n) is 3.50. The van der Waals surface area contributed by atoms with Gasteiger partial charge in [-0.15, -0.1) is 0 Å². The molecule has 18 heavy (non-hydrogen) atoms. The number of aromatic nitrogens is 1. The Balaban J connectivity index is 2.29. The van der Waals surface area contributed by atoms with E-state index >= 15 is 0 Å². The molecule has 0 unspecified atom stereocenters. The lowest BCUT2D eigenvalue weighted by Crippen LogP contribution is -1.93. The van der Waals surface area contributed by atoms with E-state index in [2.05, 4.69) is 4.98 Å². The van der Waals surface area contributed by atoms with Gasteiger partial charge in [0.2, 0.25) is 0 Å². The van der Waals surface area contributed by atoms with Crippen molar-refractivity contribution < 1.29 is 9.47 Å². The number of pyridine rings is 1. The van der Waals surface area contributed by atoms with Crippen LogP contribution in [0, 0.1) is 11.3 Å². The van der Waals surface area contributed by atoms with Crippen LogP contribution in [0.25, 0.3) is 0 Å². The molecule has 0 aliphatic carbocycles. The fraction of sp³-hybridized carbons (Fsp3) is 0.0769. The Hall–Kier alpha value is -2.74. The van der Waals surface area contributed by atoms with E-state index in [0.29, 0.717) is 28.6 Å². The number of ether oxygens (including phenoxy) is 2. The maximum atomic E-state index is 8.80. The summed E-state index contributed by atoms with van der Waals surface area (Å²) in [5.74, 6) is 1.98. The minimum Gasteiger partial charge on any atom is -0.493 e. The number of anilines is 1. The predicted octanol–water partition coefficient (Wildman–Crippen LogP) is 2.34. The molecule has 0 atom stereocenters. The van der Waals surface area contributed by atoms with Crippen molar-refractivity contribution in [3.05, 3.63) is 42.1 Å². The van der Waals surface area contributed by atoms with Crippen molar-refractivity contribution in [2.45, 2.75) is 0 Å². The molecule has 90 valence electrons. The standard InChI is InChI=1S/C13H11N3O2/c1-17-12-6-9(7-14)2-4-11(12)18-10-3-5-13(15)16-8-10/h2-6,8H,1H3,(H2,15,16). The fourth-order valence-corrected chi connectivity index (χ4v) is 1.40. The topological polar surface area (TPSA) is 81.2 Å². The molecule has 1 aromatic heterocycles. The van der Waals surface area contributed by atoms with Crippen LogP contribution in [0.5, 0.6) is 17.2 Å². The normalized spacial score (nSPS) is 9.56. The number of hydrogen-bond acceptors (Lipinski definition) is 5. The van der Waals surface area contributed by atoms with Crippen molar-refractivity contribution in [1.82, 2.24) is 4.98 Å². The Labute approximate surface area is 104 Å². The average Bonchev–Trinajstić information content (AvgIpc) is 2.41. The molecule has 0 aliphatic heterocycles. The van der Waals surface area contributed by atoms with Gasteiger partial charge in [0.15, 0.2) is 11.5 Å². The highest BCUT2D eigenvalue weighted by Gasteiger charge is 2.07. The van der Waals surface area contributed by atoms with Crippen LogP contribution in [0.1, 0.15) is 5.56 Å². The van der Waals surface area contributed by atoms with E-state index in [-0.39, 0.29) is 0 Å². The SMILES string of the molecule is COc1cc(C#N)ccc1Oc1ccc(N)nc1. The van der Waals surface area contributed by atoms with Gasteiger partial charge in [0, 0.05) is 6.07 Å². The molecule has 2 N–H and O–H groups in total. The van der Waals surface area contributed by atoms with Gasteiger partial charge in [-0.05, 0) is 24.3 Å².